The molecule has 0 spiro atoms. The first kappa shape index (κ1) is 24.0. The van der Waals surface area contributed by atoms with Crippen LogP contribution in [0.1, 0.15) is 39.4 Å². The quantitative estimate of drug-likeness (QED) is 0.548. The number of carbonyl (C=O) groups is 3. The normalized spacial score (nSPS) is 15.7. The molecular weight excluding hydrogens is 482 g/mol. The molecule has 186 valence electrons. The van der Waals surface area contributed by atoms with Gasteiger partial charge in [0.2, 0.25) is 5.91 Å². The number of aromatic nitrogens is 2. The van der Waals surface area contributed by atoms with Crippen LogP contribution in [0.4, 0.5) is 11.4 Å². The van der Waals surface area contributed by atoms with Gasteiger partial charge < -0.3 is 14.9 Å². The van der Waals surface area contributed by atoms with Gasteiger partial charge in [0.05, 0.1) is 12.2 Å². The summed E-state index contributed by atoms with van der Waals surface area (Å²) in [6.07, 6.45) is 2.60. The van der Waals surface area contributed by atoms with Crippen molar-refractivity contribution in [1.29, 1.82) is 0 Å². The Morgan fingerprint density at radius 2 is 1.78 bits per heavy atom. The number of hydrogen-bond acceptors (Lipinski definition) is 5. The number of aromatic carboxylic acids is 1. The molecule has 1 saturated heterocycles. The van der Waals surface area contributed by atoms with Gasteiger partial charge in [0.1, 0.15) is 5.69 Å². The number of carboxylic acid groups (broad SMARTS) is 1. The molecule has 1 fully saturated rings. The third-order valence-electron chi connectivity index (χ3n) is 6.75. The molecule has 9 nitrogen and oxygen atoms in total. The van der Waals surface area contributed by atoms with Crippen molar-refractivity contribution in [3.8, 4) is 5.69 Å². The number of fused-ring (bicyclic) bond motifs is 1. The van der Waals surface area contributed by atoms with E-state index in [2.05, 4.69) is 10.00 Å². The van der Waals surface area contributed by atoms with Gasteiger partial charge in [-0.25, -0.2) is 9.48 Å². The second-order valence-electron chi connectivity index (χ2n) is 9.03. The lowest BCUT2D eigenvalue weighted by molar-refractivity contribution is -0.119. The Kier molecular flexibility index (Phi) is 6.51. The molecule has 0 atom stereocenters. The highest BCUT2D eigenvalue weighted by Crippen LogP contribution is 2.30. The number of carbonyl (C=O) groups excluding carboxylic acids is 2. The van der Waals surface area contributed by atoms with Gasteiger partial charge in [0.25, 0.3) is 5.91 Å². The Labute approximate surface area is 213 Å². The highest BCUT2D eigenvalue weighted by Gasteiger charge is 2.35. The predicted octanol–water partition coefficient (Wildman–Crippen LogP) is 3.49. The zero-order valence-corrected chi connectivity index (χ0v) is 20.6. The van der Waals surface area contributed by atoms with Crippen LogP contribution in [-0.4, -0.2) is 70.8 Å². The molecule has 1 N–H and O–H groups in total. The second-order valence-corrected chi connectivity index (χ2v) is 9.47. The van der Waals surface area contributed by atoms with Gasteiger partial charge in [-0.15, -0.1) is 0 Å². The lowest BCUT2D eigenvalue weighted by Gasteiger charge is -2.28. The van der Waals surface area contributed by atoms with Gasteiger partial charge in [-0.1, -0.05) is 17.7 Å². The molecule has 1 aromatic heterocycles. The summed E-state index contributed by atoms with van der Waals surface area (Å²) in [4.78, 5) is 43.5. The first-order valence-corrected chi connectivity index (χ1v) is 12.2. The number of carboxylic acids is 1. The smallest absolute Gasteiger partial charge is 0.356 e. The monoisotopic (exact) mass is 507 g/mol. The van der Waals surface area contributed by atoms with E-state index in [1.54, 1.807) is 53.2 Å². The zero-order valence-electron chi connectivity index (χ0n) is 19.9. The molecule has 0 aliphatic carbocycles. The minimum atomic E-state index is -1.18. The molecule has 10 heteroatoms. The van der Waals surface area contributed by atoms with Crippen molar-refractivity contribution in [2.45, 2.75) is 19.3 Å². The van der Waals surface area contributed by atoms with Crippen molar-refractivity contribution in [2.75, 3.05) is 43.0 Å². The Balaban J connectivity index is 1.41. The number of anilines is 2. The molecule has 36 heavy (non-hydrogen) atoms. The van der Waals surface area contributed by atoms with Crippen molar-refractivity contribution < 1.29 is 19.5 Å². The third kappa shape index (κ3) is 4.47. The summed E-state index contributed by atoms with van der Waals surface area (Å²) in [5.74, 6) is -1.50. The van der Waals surface area contributed by atoms with Crippen LogP contribution < -0.4 is 9.80 Å². The van der Waals surface area contributed by atoms with Gasteiger partial charge >= 0.3 is 5.97 Å². The maximum atomic E-state index is 13.6. The Morgan fingerprint density at radius 3 is 2.44 bits per heavy atom. The molecular formula is C26H26ClN5O4. The summed E-state index contributed by atoms with van der Waals surface area (Å²) >= 11 is 6.13. The first-order valence-electron chi connectivity index (χ1n) is 11.9. The van der Waals surface area contributed by atoms with Crippen LogP contribution in [0.5, 0.6) is 0 Å². The van der Waals surface area contributed by atoms with Crippen LogP contribution in [0, 0.1) is 0 Å². The fourth-order valence-corrected chi connectivity index (χ4v) is 5.00. The molecule has 0 bridgehead atoms. The number of likely N-dealkylation sites (N-methyl/N-ethyl adjacent to an activating group) is 1. The molecule has 2 aliphatic rings. The predicted molar refractivity (Wildman–Crippen MR) is 136 cm³/mol. The zero-order chi connectivity index (χ0) is 25.4. The maximum absolute atomic E-state index is 13.6. The number of hydrogen-bond donors (Lipinski definition) is 1. The van der Waals surface area contributed by atoms with E-state index in [-0.39, 0.29) is 23.2 Å². The van der Waals surface area contributed by atoms with E-state index in [1.165, 1.54) is 4.68 Å². The maximum Gasteiger partial charge on any atom is 0.356 e. The van der Waals surface area contributed by atoms with Crippen LogP contribution in [0.25, 0.3) is 5.69 Å². The lowest BCUT2D eigenvalue weighted by Crippen LogP contribution is -2.39. The molecule has 3 aromatic rings. The molecule has 2 amide bonds. The van der Waals surface area contributed by atoms with Gasteiger partial charge in [0, 0.05) is 35.6 Å². The Bertz CT molecular complexity index is 1330. The summed E-state index contributed by atoms with van der Waals surface area (Å²) in [6.45, 7) is 2.61. The van der Waals surface area contributed by atoms with E-state index >= 15 is 0 Å². The summed E-state index contributed by atoms with van der Waals surface area (Å²) in [7, 11) is 1.75. The van der Waals surface area contributed by atoms with E-state index in [0.717, 1.165) is 31.6 Å². The van der Waals surface area contributed by atoms with E-state index < -0.39 is 5.97 Å². The van der Waals surface area contributed by atoms with Crippen molar-refractivity contribution in [1.82, 2.24) is 14.7 Å². The van der Waals surface area contributed by atoms with Crippen molar-refractivity contribution in [2.24, 2.45) is 0 Å². The number of rotatable bonds is 6. The topological polar surface area (TPSA) is 99.0 Å². The van der Waals surface area contributed by atoms with E-state index in [4.69, 9.17) is 11.6 Å². The molecule has 0 saturated carbocycles. The minimum Gasteiger partial charge on any atom is -0.476 e. The van der Waals surface area contributed by atoms with Crippen LogP contribution in [0.2, 0.25) is 5.02 Å². The molecule has 0 radical (unpaired) electrons. The van der Waals surface area contributed by atoms with Crippen LogP contribution >= 0.6 is 11.6 Å². The summed E-state index contributed by atoms with van der Waals surface area (Å²) in [5, 5.41) is 14.4. The van der Waals surface area contributed by atoms with Crippen molar-refractivity contribution in [3.05, 3.63) is 70.5 Å². The number of nitrogens with zero attached hydrogens (tertiary/aromatic N) is 5. The highest BCUT2D eigenvalue weighted by atomic mass is 35.5. The molecule has 5 rings (SSSR count). The second kappa shape index (κ2) is 9.75. The molecule has 0 unspecified atom stereocenters. The summed E-state index contributed by atoms with van der Waals surface area (Å²) < 4.78 is 1.36. The van der Waals surface area contributed by atoms with Gasteiger partial charge in [-0.3, -0.25) is 14.5 Å². The number of halogens is 1. The molecule has 2 aliphatic heterocycles. The van der Waals surface area contributed by atoms with E-state index in [0.29, 0.717) is 41.5 Å². The van der Waals surface area contributed by atoms with Gasteiger partial charge in [-0.05, 0) is 74.8 Å². The van der Waals surface area contributed by atoms with Crippen molar-refractivity contribution in [3.63, 3.8) is 0 Å². The average molecular weight is 508 g/mol. The van der Waals surface area contributed by atoms with Gasteiger partial charge in [-0.2, -0.15) is 5.10 Å². The Hall–Kier alpha value is -3.69. The molecule has 2 aromatic carbocycles. The first-order chi connectivity index (χ1) is 17.3. The average Bonchev–Trinajstić information content (AvgIpc) is 3.52. The minimum absolute atomic E-state index is 0.0231. The summed E-state index contributed by atoms with van der Waals surface area (Å²) in [6, 6.07) is 14.0. The third-order valence-corrected chi connectivity index (χ3v) is 6.99. The fourth-order valence-electron chi connectivity index (χ4n) is 4.81. The van der Waals surface area contributed by atoms with Crippen LogP contribution in [0.15, 0.2) is 48.5 Å². The molecule has 3 heterocycles. The standard InChI is InChI=1S/C26H26ClN5O4/c1-29(22(33)16-30-12-2-3-13-30)18-7-9-19(10-8-18)31-14-11-21-23(26(35)36)28-32(24(21)25(31)34)20-6-4-5-17(27)15-20/h4-10,15H,2-3,11-14,16H2,1H3,(H,35,36). The number of benzene rings is 2. The number of amides is 2. The van der Waals surface area contributed by atoms with Crippen LogP contribution in [0.3, 0.4) is 0 Å². The summed E-state index contributed by atoms with van der Waals surface area (Å²) in [5.41, 5.74) is 2.40. The lowest BCUT2D eigenvalue weighted by atomic mass is 10.0. The fraction of sp³-hybridized carbons (Fsp3) is 0.308. The van der Waals surface area contributed by atoms with Crippen molar-refractivity contribution >= 4 is 40.8 Å². The van der Waals surface area contributed by atoms with E-state index in [1.807, 2.05) is 12.1 Å². The highest BCUT2D eigenvalue weighted by molar-refractivity contribution is 6.30. The SMILES string of the molecule is CN(C(=O)CN1CCCC1)c1ccc(N2CCc3c(C(=O)O)nn(-c4cccc(Cl)c4)c3C2=O)cc1. The largest absolute Gasteiger partial charge is 0.476 e. The van der Waals surface area contributed by atoms with Crippen LogP contribution in [-0.2, 0) is 11.2 Å². The number of likely N-dealkylation sites (tertiary alicyclic amines) is 1. The Morgan fingerprint density at radius 1 is 1.06 bits per heavy atom. The van der Waals surface area contributed by atoms with Gasteiger partial charge in [0.15, 0.2) is 5.69 Å². The van der Waals surface area contributed by atoms with E-state index in [9.17, 15) is 19.5 Å².